The van der Waals surface area contributed by atoms with Crippen molar-refractivity contribution in [2.45, 2.75) is 44.1 Å². The van der Waals surface area contributed by atoms with Crippen LogP contribution in [0.2, 0.25) is 0 Å². The number of amides is 1. The number of likely N-dealkylation sites (N-methyl/N-ethyl adjacent to an activating group) is 1. The van der Waals surface area contributed by atoms with Gasteiger partial charge in [-0.3, -0.25) is 9.78 Å². The van der Waals surface area contributed by atoms with Crippen molar-refractivity contribution in [1.29, 1.82) is 0 Å². The normalized spacial score (nSPS) is 17.0. The first-order valence-corrected chi connectivity index (χ1v) is 8.55. The molecule has 1 fully saturated rings. The smallest absolute Gasteiger partial charge is 0.236 e. The molecule has 2 rings (SSSR count). The standard InChI is InChI=1S/C18H29N3O2/c1-21(13-9-16-8-4-7-12-20-16)17(22)14-19-15-18(23-2)10-5-3-6-11-18/h4,7-8,12,19H,3,5-6,9-11,13-15H2,1-2H3. The van der Waals surface area contributed by atoms with Crippen LogP contribution in [0, 0.1) is 0 Å². The molecule has 0 bridgehead atoms. The number of ether oxygens (including phenoxy) is 1. The van der Waals surface area contributed by atoms with Crippen molar-refractivity contribution < 1.29 is 9.53 Å². The van der Waals surface area contributed by atoms with E-state index in [2.05, 4.69) is 10.3 Å². The summed E-state index contributed by atoms with van der Waals surface area (Å²) in [6.45, 7) is 1.81. The largest absolute Gasteiger partial charge is 0.377 e. The zero-order chi connectivity index (χ0) is 16.5. The van der Waals surface area contributed by atoms with Crippen LogP contribution >= 0.6 is 0 Å². The van der Waals surface area contributed by atoms with Crippen LogP contribution in [0.3, 0.4) is 0 Å². The number of carbonyl (C=O) groups is 1. The molecule has 23 heavy (non-hydrogen) atoms. The monoisotopic (exact) mass is 319 g/mol. The van der Waals surface area contributed by atoms with Gasteiger partial charge in [-0.15, -0.1) is 0 Å². The van der Waals surface area contributed by atoms with Crippen molar-refractivity contribution in [3.63, 3.8) is 0 Å². The van der Waals surface area contributed by atoms with Gasteiger partial charge in [-0.25, -0.2) is 0 Å². The van der Waals surface area contributed by atoms with Gasteiger partial charge in [-0.05, 0) is 25.0 Å². The van der Waals surface area contributed by atoms with Gasteiger partial charge in [0.1, 0.15) is 0 Å². The maximum absolute atomic E-state index is 12.2. The summed E-state index contributed by atoms with van der Waals surface area (Å²) in [5.41, 5.74) is 0.936. The van der Waals surface area contributed by atoms with E-state index in [4.69, 9.17) is 4.74 Å². The zero-order valence-corrected chi connectivity index (χ0v) is 14.4. The van der Waals surface area contributed by atoms with E-state index in [0.29, 0.717) is 13.1 Å². The molecule has 1 amide bonds. The van der Waals surface area contributed by atoms with Crippen molar-refractivity contribution in [2.75, 3.05) is 33.8 Å². The van der Waals surface area contributed by atoms with E-state index in [1.165, 1.54) is 19.3 Å². The average Bonchev–Trinajstić information content (AvgIpc) is 2.61. The lowest BCUT2D eigenvalue weighted by Crippen LogP contribution is -2.47. The number of hydrogen-bond donors (Lipinski definition) is 1. The van der Waals surface area contributed by atoms with Crippen molar-refractivity contribution in [3.8, 4) is 0 Å². The molecule has 1 heterocycles. The number of nitrogens with one attached hydrogen (secondary N) is 1. The third-order valence-electron chi connectivity index (χ3n) is 4.78. The van der Waals surface area contributed by atoms with E-state index >= 15 is 0 Å². The highest BCUT2D eigenvalue weighted by molar-refractivity contribution is 5.77. The fourth-order valence-electron chi connectivity index (χ4n) is 3.13. The number of nitrogens with zero attached hydrogens (tertiary/aromatic N) is 2. The molecule has 0 atom stereocenters. The van der Waals surface area contributed by atoms with Gasteiger partial charge in [0.05, 0.1) is 12.1 Å². The second-order valence-electron chi connectivity index (χ2n) is 6.44. The van der Waals surface area contributed by atoms with Crippen molar-refractivity contribution in [2.24, 2.45) is 0 Å². The third-order valence-corrected chi connectivity index (χ3v) is 4.78. The average molecular weight is 319 g/mol. The lowest BCUT2D eigenvalue weighted by atomic mass is 9.84. The highest BCUT2D eigenvalue weighted by Gasteiger charge is 2.31. The van der Waals surface area contributed by atoms with Crippen LogP contribution in [0.4, 0.5) is 0 Å². The molecule has 1 aliphatic carbocycles. The quantitative estimate of drug-likeness (QED) is 0.796. The van der Waals surface area contributed by atoms with Crippen LogP contribution in [0.25, 0.3) is 0 Å². The first kappa shape index (κ1) is 17.9. The molecule has 1 aliphatic rings. The summed E-state index contributed by atoms with van der Waals surface area (Å²) in [6.07, 6.45) is 8.46. The number of methoxy groups -OCH3 is 1. The molecule has 5 nitrogen and oxygen atoms in total. The minimum absolute atomic E-state index is 0.0783. The maximum atomic E-state index is 12.2. The lowest BCUT2D eigenvalue weighted by Gasteiger charge is -2.36. The summed E-state index contributed by atoms with van der Waals surface area (Å²) < 4.78 is 5.73. The molecular weight excluding hydrogens is 290 g/mol. The van der Waals surface area contributed by atoms with E-state index in [1.807, 2.05) is 25.2 Å². The molecular formula is C18H29N3O2. The van der Waals surface area contributed by atoms with E-state index in [9.17, 15) is 4.79 Å². The van der Waals surface area contributed by atoms with Gasteiger partial charge in [0.2, 0.25) is 5.91 Å². The van der Waals surface area contributed by atoms with Crippen molar-refractivity contribution >= 4 is 5.91 Å². The Bertz CT molecular complexity index is 472. The predicted molar refractivity (Wildman–Crippen MR) is 91.3 cm³/mol. The Morgan fingerprint density at radius 3 is 2.78 bits per heavy atom. The predicted octanol–water partition coefficient (Wildman–Crippen LogP) is 2.02. The molecule has 5 heteroatoms. The Kier molecular flexibility index (Phi) is 6.99. The van der Waals surface area contributed by atoms with E-state index in [0.717, 1.165) is 31.5 Å². The first-order valence-electron chi connectivity index (χ1n) is 8.55. The molecule has 0 saturated heterocycles. The summed E-state index contributed by atoms with van der Waals surface area (Å²) in [4.78, 5) is 18.3. The van der Waals surface area contributed by atoms with Gasteiger partial charge in [0.15, 0.2) is 0 Å². The van der Waals surface area contributed by atoms with Gasteiger partial charge in [0.25, 0.3) is 0 Å². The van der Waals surface area contributed by atoms with Crippen molar-refractivity contribution in [1.82, 2.24) is 15.2 Å². The van der Waals surface area contributed by atoms with E-state index < -0.39 is 0 Å². The second kappa shape index (κ2) is 8.99. The van der Waals surface area contributed by atoms with Gasteiger partial charge < -0.3 is 15.0 Å². The third kappa shape index (κ3) is 5.59. The SMILES string of the molecule is COC1(CNCC(=O)N(C)CCc2ccccn2)CCCCC1. The molecule has 0 radical (unpaired) electrons. The van der Waals surface area contributed by atoms with Gasteiger partial charge >= 0.3 is 0 Å². The number of hydrogen-bond acceptors (Lipinski definition) is 4. The van der Waals surface area contributed by atoms with Crippen LogP contribution in [0.15, 0.2) is 24.4 Å². The number of rotatable bonds is 8. The lowest BCUT2D eigenvalue weighted by molar-refractivity contribution is -0.129. The van der Waals surface area contributed by atoms with Crippen LogP contribution < -0.4 is 5.32 Å². The van der Waals surface area contributed by atoms with Gasteiger partial charge in [-0.2, -0.15) is 0 Å². The number of carbonyl (C=O) groups excluding carboxylic acids is 1. The van der Waals surface area contributed by atoms with Gasteiger partial charge in [0, 0.05) is 45.6 Å². The van der Waals surface area contributed by atoms with Crippen LogP contribution in [0.1, 0.15) is 37.8 Å². The molecule has 1 N–H and O–H groups in total. The fraction of sp³-hybridized carbons (Fsp3) is 0.667. The van der Waals surface area contributed by atoms with Crippen LogP contribution in [-0.2, 0) is 16.0 Å². The Morgan fingerprint density at radius 2 is 2.13 bits per heavy atom. The Labute approximate surface area is 139 Å². The molecule has 1 aromatic rings. The second-order valence-corrected chi connectivity index (χ2v) is 6.44. The van der Waals surface area contributed by atoms with Crippen LogP contribution in [0.5, 0.6) is 0 Å². The molecule has 0 spiro atoms. The summed E-state index contributed by atoms with van der Waals surface area (Å²) in [5.74, 6) is 0.114. The van der Waals surface area contributed by atoms with E-state index in [1.54, 1.807) is 18.2 Å². The summed E-state index contributed by atoms with van der Waals surface area (Å²) in [5, 5.41) is 3.29. The maximum Gasteiger partial charge on any atom is 0.236 e. The van der Waals surface area contributed by atoms with Crippen molar-refractivity contribution in [3.05, 3.63) is 30.1 Å². The number of aromatic nitrogens is 1. The first-order chi connectivity index (χ1) is 11.2. The Morgan fingerprint density at radius 1 is 1.35 bits per heavy atom. The van der Waals surface area contributed by atoms with Gasteiger partial charge in [-0.1, -0.05) is 25.3 Å². The highest BCUT2D eigenvalue weighted by atomic mass is 16.5. The Hall–Kier alpha value is -1.46. The summed E-state index contributed by atoms with van der Waals surface area (Å²) in [6, 6.07) is 5.86. The molecule has 0 aliphatic heterocycles. The highest BCUT2D eigenvalue weighted by Crippen LogP contribution is 2.30. The fourth-order valence-corrected chi connectivity index (χ4v) is 3.13. The summed E-state index contributed by atoms with van der Waals surface area (Å²) in [7, 11) is 3.63. The molecule has 0 aromatic carbocycles. The zero-order valence-electron chi connectivity index (χ0n) is 14.4. The minimum Gasteiger partial charge on any atom is -0.377 e. The minimum atomic E-state index is -0.0783. The molecule has 0 unspecified atom stereocenters. The van der Waals surface area contributed by atoms with E-state index in [-0.39, 0.29) is 11.5 Å². The number of pyridine rings is 1. The van der Waals surface area contributed by atoms with Crippen LogP contribution in [-0.4, -0.2) is 55.2 Å². The Balaban J connectivity index is 1.69. The topological polar surface area (TPSA) is 54.5 Å². The molecule has 1 aromatic heterocycles. The molecule has 128 valence electrons. The molecule has 1 saturated carbocycles. The summed E-state index contributed by atoms with van der Waals surface area (Å²) >= 11 is 0.